The lowest BCUT2D eigenvalue weighted by molar-refractivity contribution is -0.0269. The average Bonchev–Trinajstić information content (AvgIpc) is 2.77. The number of hydrogen-bond donors (Lipinski definition) is 3. The maximum absolute atomic E-state index is 11.6. The van der Waals surface area contributed by atoms with E-state index in [0.717, 1.165) is 4.57 Å². The zero-order valence-electron chi connectivity index (χ0n) is 9.76. The van der Waals surface area contributed by atoms with E-state index in [4.69, 9.17) is 21.1 Å². The van der Waals surface area contributed by atoms with Crippen molar-refractivity contribution in [3.8, 4) is 0 Å². The lowest BCUT2D eigenvalue weighted by Gasteiger charge is -2.14. The monoisotopic (exact) mass is 268 g/mol. The highest BCUT2D eigenvalue weighted by atomic mass is 16.5. The summed E-state index contributed by atoms with van der Waals surface area (Å²) in [5.41, 5.74) is 12.4. The van der Waals surface area contributed by atoms with E-state index in [1.165, 1.54) is 6.20 Å². The molecule has 2 rings (SSSR count). The van der Waals surface area contributed by atoms with E-state index >= 15 is 0 Å². The number of ether oxygens (including phenoxy) is 1. The molecule has 1 aliphatic heterocycles. The van der Waals surface area contributed by atoms with Gasteiger partial charge in [-0.25, -0.2) is 4.79 Å². The Hall–Kier alpha value is -2.29. The van der Waals surface area contributed by atoms with E-state index in [-0.39, 0.29) is 18.7 Å². The maximum Gasteiger partial charge on any atom is 0.330 e. The first-order valence-corrected chi connectivity index (χ1v) is 5.48. The van der Waals surface area contributed by atoms with Gasteiger partial charge in [0, 0.05) is 17.5 Å². The summed E-state index contributed by atoms with van der Waals surface area (Å²) >= 11 is 0. The number of nitrogens with one attached hydrogen (secondary N) is 1. The summed E-state index contributed by atoms with van der Waals surface area (Å²) in [7, 11) is 0. The number of aromatic nitrogens is 2. The molecule has 1 unspecified atom stereocenters. The lowest BCUT2D eigenvalue weighted by atomic mass is 10.1. The summed E-state index contributed by atoms with van der Waals surface area (Å²) in [5.74, 6) is 0. The van der Waals surface area contributed by atoms with Crippen LogP contribution < -0.4 is 17.0 Å². The van der Waals surface area contributed by atoms with Gasteiger partial charge < -0.3 is 15.6 Å². The molecule has 1 aromatic rings. The SMILES string of the molecule is [N-]=[N+]=NC1C[C@H](n2cc(N)c(=O)[nH]c2=O)O[C@@H]1CO. The molecule has 1 saturated heterocycles. The Bertz CT molecular complexity index is 630. The zero-order chi connectivity index (χ0) is 14.0. The van der Waals surface area contributed by atoms with Crippen molar-refractivity contribution in [2.75, 3.05) is 12.3 Å². The smallest absolute Gasteiger partial charge is 0.330 e. The molecule has 0 aliphatic carbocycles. The summed E-state index contributed by atoms with van der Waals surface area (Å²) in [6.07, 6.45) is -0.0698. The number of anilines is 1. The van der Waals surface area contributed by atoms with Crippen LogP contribution in [0, 0.1) is 0 Å². The zero-order valence-corrected chi connectivity index (χ0v) is 9.76. The Labute approximate surface area is 106 Å². The summed E-state index contributed by atoms with van der Waals surface area (Å²) in [4.78, 5) is 27.5. The minimum absolute atomic E-state index is 0.129. The van der Waals surface area contributed by atoms with Crippen molar-refractivity contribution in [1.29, 1.82) is 0 Å². The second-order valence-corrected chi connectivity index (χ2v) is 4.07. The second kappa shape index (κ2) is 5.14. The molecule has 10 heteroatoms. The summed E-state index contributed by atoms with van der Waals surface area (Å²) in [5, 5.41) is 12.6. The maximum atomic E-state index is 11.6. The molecule has 0 aromatic carbocycles. The van der Waals surface area contributed by atoms with Crippen LogP contribution in [0.2, 0.25) is 0 Å². The first-order chi connectivity index (χ1) is 9.06. The van der Waals surface area contributed by atoms with Crippen molar-refractivity contribution < 1.29 is 9.84 Å². The third kappa shape index (κ3) is 2.45. The second-order valence-electron chi connectivity index (χ2n) is 4.07. The highest BCUT2D eigenvalue weighted by molar-refractivity contribution is 5.30. The average molecular weight is 268 g/mol. The van der Waals surface area contributed by atoms with Gasteiger partial charge in [0.1, 0.15) is 11.9 Å². The first kappa shape index (κ1) is 13.1. The molecule has 1 fully saturated rings. The minimum Gasteiger partial charge on any atom is -0.394 e. The van der Waals surface area contributed by atoms with Crippen LogP contribution in [-0.2, 0) is 4.74 Å². The van der Waals surface area contributed by atoms with Gasteiger partial charge in [-0.2, -0.15) is 0 Å². The van der Waals surface area contributed by atoms with Crippen LogP contribution in [0.5, 0.6) is 0 Å². The standard InChI is InChI=1S/C9H12N6O4/c10-4-2-15(9(18)12-8(4)17)7-1-5(13-14-11)6(3-16)19-7/h2,5-7,16H,1,3,10H2,(H,12,17,18)/t5?,6-,7-/m1/s1. The molecule has 10 nitrogen and oxygen atoms in total. The van der Waals surface area contributed by atoms with Crippen molar-refractivity contribution >= 4 is 5.69 Å². The first-order valence-electron chi connectivity index (χ1n) is 5.48. The fourth-order valence-electron chi connectivity index (χ4n) is 1.95. The third-order valence-electron chi connectivity index (χ3n) is 2.89. The van der Waals surface area contributed by atoms with Gasteiger partial charge in [0.25, 0.3) is 5.56 Å². The molecule has 0 saturated carbocycles. The number of hydrogen-bond acceptors (Lipinski definition) is 6. The topological polar surface area (TPSA) is 159 Å². The van der Waals surface area contributed by atoms with E-state index in [1.54, 1.807) is 0 Å². The van der Waals surface area contributed by atoms with E-state index in [2.05, 4.69) is 10.0 Å². The normalized spacial score (nSPS) is 26.1. The molecule has 0 spiro atoms. The fraction of sp³-hybridized carbons (Fsp3) is 0.556. The third-order valence-corrected chi connectivity index (χ3v) is 2.89. The number of azide groups is 1. The number of aliphatic hydroxyl groups excluding tert-OH is 1. The molecule has 0 bridgehead atoms. The van der Waals surface area contributed by atoms with E-state index < -0.39 is 29.6 Å². The van der Waals surface area contributed by atoms with Crippen molar-refractivity contribution in [2.45, 2.75) is 24.8 Å². The van der Waals surface area contributed by atoms with Gasteiger partial charge in [-0.15, -0.1) is 0 Å². The van der Waals surface area contributed by atoms with Crippen LogP contribution in [0.25, 0.3) is 10.4 Å². The number of aliphatic hydroxyl groups is 1. The molecule has 0 radical (unpaired) electrons. The number of nitrogens with two attached hydrogens (primary N) is 1. The van der Waals surface area contributed by atoms with Gasteiger partial charge in [0.2, 0.25) is 0 Å². The largest absolute Gasteiger partial charge is 0.394 e. The van der Waals surface area contributed by atoms with Gasteiger partial charge >= 0.3 is 5.69 Å². The van der Waals surface area contributed by atoms with E-state index in [1.807, 2.05) is 4.98 Å². The predicted molar refractivity (Wildman–Crippen MR) is 64.3 cm³/mol. The molecule has 3 atom stereocenters. The Kier molecular flexibility index (Phi) is 3.56. The predicted octanol–water partition coefficient (Wildman–Crippen LogP) is -0.923. The quantitative estimate of drug-likeness (QED) is 0.366. The van der Waals surface area contributed by atoms with E-state index in [9.17, 15) is 9.59 Å². The molecular weight excluding hydrogens is 256 g/mol. The molecule has 0 amide bonds. The van der Waals surface area contributed by atoms with Crippen LogP contribution in [-0.4, -0.2) is 33.4 Å². The van der Waals surface area contributed by atoms with Gasteiger partial charge in [-0.1, -0.05) is 5.11 Å². The fourth-order valence-corrected chi connectivity index (χ4v) is 1.95. The van der Waals surface area contributed by atoms with Crippen LogP contribution in [0.15, 0.2) is 20.9 Å². The van der Waals surface area contributed by atoms with Crippen LogP contribution in [0.3, 0.4) is 0 Å². The van der Waals surface area contributed by atoms with Gasteiger partial charge in [0.05, 0.1) is 18.8 Å². The molecule has 19 heavy (non-hydrogen) atoms. The summed E-state index contributed by atoms with van der Waals surface area (Å²) in [6, 6.07) is -0.583. The molecular formula is C9H12N6O4. The van der Waals surface area contributed by atoms with E-state index in [0.29, 0.717) is 0 Å². The minimum atomic E-state index is -0.751. The van der Waals surface area contributed by atoms with Crippen LogP contribution in [0.4, 0.5) is 5.69 Å². The Morgan fingerprint density at radius 3 is 3.05 bits per heavy atom. The molecule has 1 aliphatic rings. The Balaban J connectivity index is 2.34. The Morgan fingerprint density at radius 1 is 1.68 bits per heavy atom. The summed E-state index contributed by atoms with van der Waals surface area (Å²) < 4.78 is 6.51. The number of nitrogen functional groups attached to an aromatic ring is 1. The molecule has 4 N–H and O–H groups in total. The van der Waals surface area contributed by atoms with Crippen LogP contribution >= 0.6 is 0 Å². The highest BCUT2D eigenvalue weighted by Crippen LogP contribution is 2.29. The number of nitrogens with zero attached hydrogens (tertiary/aromatic N) is 4. The van der Waals surface area contributed by atoms with Gasteiger partial charge in [0.15, 0.2) is 0 Å². The number of aromatic amines is 1. The summed E-state index contributed by atoms with van der Waals surface area (Å²) in [6.45, 7) is -0.340. The van der Waals surface area contributed by atoms with Crippen LogP contribution in [0.1, 0.15) is 12.6 Å². The molecule has 2 heterocycles. The molecule has 1 aromatic heterocycles. The number of rotatable bonds is 3. The molecule has 102 valence electrons. The number of H-pyrrole nitrogens is 1. The lowest BCUT2D eigenvalue weighted by Crippen LogP contribution is -2.33. The van der Waals surface area contributed by atoms with Gasteiger partial charge in [-0.05, 0) is 5.53 Å². The van der Waals surface area contributed by atoms with Crippen molar-refractivity contribution in [3.63, 3.8) is 0 Å². The van der Waals surface area contributed by atoms with Crippen molar-refractivity contribution in [1.82, 2.24) is 9.55 Å². The van der Waals surface area contributed by atoms with Gasteiger partial charge in [-0.3, -0.25) is 14.3 Å². The Morgan fingerprint density at radius 2 is 2.42 bits per heavy atom. The van der Waals surface area contributed by atoms with Crippen molar-refractivity contribution in [3.05, 3.63) is 37.5 Å². The highest BCUT2D eigenvalue weighted by Gasteiger charge is 2.35. The van der Waals surface area contributed by atoms with Crippen molar-refractivity contribution in [2.24, 2.45) is 5.11 Å².